The first-order valence-electron chi connectivity index (χ1n) is 8.76. The second-order valence-electron chi connectivity index (χ2n) is 6.26. The Morgan fingerprint density at radius 1 is 1.00 bits per heavy atom. The summed E-state index contributed by atoms with van der Waals surface area (Å²) < 4.78 is 33.3. The highest BCUT2D eigenvalue weighted by Crippen LogP contribution is 2.24. The summed E-state index contributed by atoms with van der Waals surface area (Å²) in [6.07, 6.45) is 0. The molecule has 1 atom stereocenters. The van der Waals surface area contributed by atoms with Gasteiger partial charge in [0.1, 0.15) is 11.8 Å². The molecule has 0 aliphatic carbocycles. The molecule has 0 bridgehead atoms. The molecule has 0 aromatic heterocycles. The van der Waals surface area contributed by atoms with Gasteiger partial charge in [-0.25, -0.2) is 4.79 Å². The molecular formula is C20H16F2N2O6. The van der Waals surface area contributed by atoms with Gasteiger partial charge in [-0.15, -0.1) is 0 Å². The van der Waals surface area contributed by atoms with Gasteiger partial charge in [0.05, 0.1) is 11.1 Å². The first-order valence-corrected chi connectivity index (χ1v) is 8.76. The van der Waals surface area contributed by atoms with Crippen molar-refractivity contribution in [2.45, 2.75) is 19.6 Å². The van der Waals surface area contributed by atoms with Gasteiger partial charge in [0.15, 0.2) is 6.61 Å². The normalized spacial score (nSPS) is 13.8. The van der Waals surface area contributed by atoms with E-state index >= 15 is 0 Å². The minimum Gasteiger partial charge on any atom is -0.454 e. The zero-order valence-corrected chi connectivity index (χ0v) is 15.6. The molecule has 1 aliphatic heterocycles. The van der Waals surface area contributed by atoms with E-state index in [0.717, 1.165) is 4.90 Å². The number of carbonyl (C=O) groups is 4. The van der Waals surface area contributed by atoms with Crippen molar-refractivity contribution in [2.75, 3.05) is 11.9 Å². The van der Waals surface area contributed by atoms with E-state index in [1.807, 2.05) is 0 Å². The molecule has 10 heteroatoms. The van der Waals surface area contributed by atoms with Crippen molar-refractivity contribution < 1.29 is 37.4 Å². The fraction of sp³-hybridized carbons (Fsp3) is 0.200. The van der Waals surface area contributed by atoms with E-state index in [0.29, 0.717) is 0 Å². The highest BCUT2D eigenvalue weighted by molar-refractivity contribution is 6.22. The Morgan fingerprint density at radius 3 is 2.10 bits per heavy atom. The summed E-state index contributed by atoms with van der Waals surface area (Å²) in [6, 6.07) is 10.1. The van der Waals surface area contributed by atoms with Gasteiger partial charge in [0, 0.05) is 5.69 Å². The van der Waals surface area contributed by atoms with Gasteiger partial charge in [0.2, 0.25) is 0 Å². The summed E-state index contributed by atoms with van der Waals surface area (Å²) in [5.74, 6) is -2.93. The molecule has 2 aromatic rings. The van der Waals surface area contributed by atoms with Crippen LogP contribution in [0.5, 0.6) is 5.75 Å². The number of fused-ring (bicyclic) bond motifs is 1. The van der Waals surface area contributed by atoms with Crippen molar-refractivity contribution in [2.24, 2.45) is 0 Å². The van der Waals surface area contributed by atoms with Crippen LogP contribution in [0, 0.1) is 0 Å². The average Bonchev–Trinajstić information content (AvgIpc) is 2.97. The number of nitrogens with zero attached hydrogens (tertiary/aromatic N) is 1. The predicted octanol–water partition coefficient (Wildman–Crippen LogP) is 2.45. The van der Waals surface area contributed by atoms with Crippen LogP contribution in [0.2, 0.25) is 0 Å². The first-order chi connectivity index (χ1) is 14.3. The Morgan fingerprint density at radius 2 is 1.57 bits per heavy atom. The molecule has 8 nitrogen and oxygen atoms in total. The van der Waals surface area contributed by atoms with Gasteiger partial charge < -0.3 is 14.8 Å². The lowest BCUT2D eigenvalue weighted by Gasteiger charge is -2.20. The highest BCUT2D eigenvalue weighted by atomic mass is 19.3. The Labute approximate surface area is 169 Å². The Hall–Kier alpha value is -3.82. The average molecular weight is 418 g/mol. The van der Waals surface area contributed by atoms with Gasteiger partial charge >= 0.3 is 12.6 Å². The number of ether oxygens (including phenoxy) is 2. The minimum absolute atomic E-state index is 0.0794. The summed E-state index contributed by atoms with van der Waals surface area (Å²) in [4.78, 5) is 49.7. The van der Waals surface area contributed by atoms with Gasteiger partial charge in [-0.1, -0.05) is 12.1 Å². The van der Waals surface area contributed by atoms with Crippen molar-refractivity contribution in [3.8, 4) is 5.75 Å². The molecule has 2 aromatic carbocycles. The third-order valence-electron chi connectivity index (χ3n) is 4.26. The van der Waals surface area contributed by atoms with Crippen molar-refractivity contribution in [3.05, 3.63) is 59.7 Å². The van der Waals surface area contributed by atoms with Crippen LogP contribution >= 0.6 is 0 Å². The van der Waals surface area contributed by atoms with Crippen molar-refractivity contribution >= 4 is 29.4 Å². The summed E-state index contributed by atoms with van der Waals surface area (Å²) in [5, 5.41) is 2.41. The Balaban J connectivity index is 1.53. The van der Waals surface area contributed by atoms with Crippen LogP contribution in [0.15, 0.2) is 48.5 Å². The van der Waals surface area contributed by atoms with E-state index in [1.54, 1.807) is 12.1 Å². The molecule has 0 fully saturated rings. The number of carbonyl (C=O) groups excluding carboxylic acids is 4. The third-order valence-corrected chi connectivity index (χ3v) is 4.26. The topological polar surface area (TPSA) is 102 Å². The van der Waals surface area contributed by atoms with Crippen LogP contribution in [0.3, 0.4) is 0 Å². The van der Waals surface area contributed by atoms with Crippen LogP contribution < -0.4 is 10.1 Å². The van der Waals surface area contributed by atoms with Gasteiger partial charge in [-0.05, 0) is 43.3 Å². The number of rotatable bonds is 7. The first kappa shape index (κ1) is 20.9. The second kappa shape index (κ2) is 8.68. The number of hydrogen-bond donors (Lipinski definition) is 1. The fourth-order valence-electron chi connectivity index (χ4n) is 2.84. The van der Waals surface area contributed by atoms with E-state index in [4.69, 9.17) is 4.74 Å². The summed E-state index contributed by atoms with van der Waals surface area (Å²) in [6.45, 7) is -2.31. The summed E-state index contributed by atoms with van der Waals surface area (Å²) >= 11 is 0. The van der Waals surface area contributed by atoms with E-state index in [1.165, 1.54) is 43.3 Å². The lowest BCUT2D eigenvalue weighted by Crippen LogP contribution is -2.44. The maximum atomic E-state index is 12.4. The largest absolute Gasteiger partial charge is 0.454 e. The van der Waals surface area contributed by atoms with Crippen LogP contribution in [0.4, 0.5) is 14.5 Å². The molecule has 0 spiro atoms. The van der Waals surface area contributed by atoms with Crippen LogP contribution in [0.25, 0.3) is 0 Å². The van der Waals surface area contributed by atoms with Crippen molar-refractivity contribution in [3.63, 3.8) is 0 Å². The number of halogens is 2. The number of nitrogens with one attached hydrogen (secondary N) is 1. The molecule has 30 heavy (non-hydrogen) atoms. The molecule has 1 heterocycles. The number of esters is 1. The third kappa shape index (κ3) is 4.43. The fourth-order valence-corrected chi connectivity index (χ4v) is 2.84. The molecule has 3 amide bonds. The van der Waals surface area contributed by atoms with Crippen LogP contribution in [-0.4, -0.2) is 47.9 Å². The maximum absolute atomic E-state index is 12.4. The van der Waals surface area contributed by atoms with Crippen LogP contribution in [0.1, 0.15) is 27.6 Å². The van der Waals surface area contributed by atoms with Gasteiger partial charge in [-0.2, -0.15) is 8.78 Å². The molecule has 0 radical (unpaired) electrons. The second-order valence-corrected chi connectivity index (χ2v) is 6.26. The van der Waals surface area contributed by atoms with E-state index in [-0.39, 0.29) is 22.6 Å². The van der Waals surface area contributed by atoms with Crippen LogP contribution in [-0.2, 0) is 14.3 Å². The quantitative estimate of drug-likeness (QED) is 0.548. The Kier molecular flexibility index (Phi) is 6.05. The number of amides is 3. The van der Waals surface area contributed by atoms with Crippen molar-refractivity contribution in [1.29, 1.82) is 0 Å². The summed E-state index contributed by atoms with van der Waals surface area (Å²) in [7, 11) is 0. The minimum atomic E-state index is -2.96. The highest BCUT2D eigenvalue weighted by Gasteiger charge is 2.41. The SMILES string of the molecule is C[C@@H](C(=O)OCC(=O)Nc1ccc(OC(F)F)cc1)N1C(=O)c2ccccc2C1=O. The summed E-state index contributed by atoms with van der Waals surface area (Å²) in [5.41, 5.74) is 0.657. The number of alkyl halides is 2. The number of hydrogen-bond acceptors (Lipinski definition) is 6. The molecule has 3 rings (SSSR count). The molecule has 0 unspecified atom stereocenters. The number of anilines is 1. The van der Waals surface area contributed by atoms with E-state index in [9.17, 15) is 28.0 Å². The zero-order valence-electron chi connectivity index (χ0n) is 15.6. The van der Waals surface area contributed by atoms with Gasteiger partial charge in [-0.3, -0.25) is 19.3 Å². The van der Waals surface area contributed by atoms with Gasteiger partial charge in [0.25, 0.3) is 17.7 Å². The lowest BCUT2D eigenvalue weighted by molar-refractivity contribution is -0.150. The molecule has 0 saturated heterocycles. The number of imide groups is 1. The van der Waals surface area contributed by atoms with Crippen molar-refractivity contribution in [1.82, 2.24) is 4.90 Å². The molecule has 0 saturated carbocycles. The smallest absolute Gasteiger partial charge is 0.387 e. The standard InChI is InChI=1S/C20H16F2N2O6/c1-11(24-17(26)14-4-2-3-5-15(14)18(24)27)19(28)29-10-16(25)23-12-6-8-13(9-7-12)30-20(21)22/h2-9,11,20H,10H2,1H3,(H,23,25)/t11-/m0/s1. The molecule has 1 aliphatic rings. The van der Waals surface area contributed by atoms with E-state index < -0.39 is 43.0 Å². The maximum Gasteiger partial charge on any atom is 0.387 e. The molecular weight excluding hydrogens is 402 g/mol. The molecule has 156 valence electrons. The molecule has 1 N–H and O–H groups in total. The Bertz CT molecular complexity index is 958. The number of benzene rings is 2. The monoisotopic (exact) mass is 418 g/mol. The predicted molar refractivity (Wildman–Crippen MR) is 99.1 cm³/mol. The lowest BCUT2D eigenvalue weighted by atomic mass is 10.1. The zero-order chi connectivity index (χ0) is 21.8. The van der Waals surface area contributed by atoms with E-state index in [2.05, 4.69) is 10.1 Å².